The molecule has 0 aromatic rings. The van der Waals surface area contributed by atoms with Crippen LogP contribution in [0.1, 0.15) is 71.1 Å². The lowest BCUT2D eigenvalue weighted by molar-refractivity contribution is -0.121. The van der Waals surface area contributed by atoms with E-state index >= 15 is 0 Å². The van der Waals surface area contributed by atoms with Crippen LogP contribution in [0.5, 0.6) is 0 Å². The Morgan fingerprint density at radius 3 is 2.22 bits per heavy atom. The summed E-state index contributed by atoms with van der Waals surface area (Å²) in [4.78, 5) is 22.4. The molecule has 0 unspecified atom stereocenters. The number of rotatable bonds is 10. The van der Waals surface area contributed by atoms with Gasteiger partial charge in [-0.15, -0.1) is 12.4 Å². The number of carbonyl (C=O) groups is 2. The third kappa shape index (κ3) is 13.3. The van der Waals surface area contributed by atoms with Crippen LogP contribution in [0.2, 0.25) is 0 Å². The lowest BCUT2D eigenvalue weighted by atomic mass is 10.1. The van der Waals surface area contributed by atoms with E-state index in [0.29, 0.717) is 19.0 Å². The van der Waals surface area contributed by atoms with E-state index in [4.69, 9.17) is 0 Å². The highest BCUT2D eigenvalue weighted by Crippen LogP contribution is 2.16. The van der Waals surface area contributed by atoms with Crippen molar-refractivity contribution < 1.29 is 9.59 Å². The van der Waals surface area contributed by atoms with Crippen LogP contribution < -0.4 is 16.0 Å². The van der Waals surface area contributed by atoms with Gasteiger partial charge in [0.1, 0.15) is 0 Å². The predicted octanol–water partition coefficient (Wildman–Crippen LogP) is 2.53. The lowest BCUT2D eigenvalue weighted by Gasteiger charge is -2.16. The van der Waals surface area contributed by atoms with Gasteiger partial charge in [0, 0.05) is 39.0 Å². The third-order valence-corrected chi connectivity index (χ3v) is 4.19. The SMILES string of the molecule is CC(=O)NCCCCCC(=O)NCCNC1CCCCCC1.Cl. The first-order chi connectivity index (χ1) is 10.7. The van der Waals surface area contributed by atoms with E-state index in [1.807, 2.05) is 0 Å². The maximum atomic E-state index is 11.7. The Balaban J connectivity index is 0.00000484. The minimum Gasteiger partial charge on any atom is -0.356 e. The molecule has 1 aliphatic rings. The first-order valence-electron chi connectivity index (χ1n) is 8.93. The Hall–Kier alpha value is -0.810. The molecule has 6 heteroatoms. The van der Waals surface area contributed by atoms with E-state index in [-0.39, 0.29) is 24.2 Å². The Kier molecular flexibility index (Phi) is 14.2. The van der Waals surface area contributed by atoms with Gasteiger partial charge in [-0.05, 0) is 25.7 Å². The maximum Gasteiger partial charge on any atom is 0.220 e. The molecule has 0 spiro atoms. The van der Waals surface area contributed by atoms with Crippen LogP contribution in [-0.2, 0) is 9.59 Å². The van der Waals surface area contributed by atoms with Gasteiger partial charge in [0.15, 0.2) is 0 Å². The number of carbonyl (C=O) groups excluding carboxylic acids is 2. The van der Waals surface area contributed by atoms with E-state index in [9.17, 15) is 9.59 Å². The Morgan fingerprint density at radius 1 is 0.870 bits per heavy atom. The first-order valence-corrected chi connectivity index (χ1v) is 8.93. The second-order valence-corrected chi connectivity index (χ2v) is 6.29. The molecule has 1 fully saturated rings. The second kappa shape index (κ2) is 14.8. The smallest absolute Gasteiger partial charge is 0.220 e. The van der Waals surface area contributed by atoms with Crippen molar-refractivity contribution >= 4 is 24.2 Å². The molecule has 0 bridgehead atoms. The fourth-order valence-electron chi connectivity index (χ4n) is 2.90. The van der Waals surface area contributed by atoms with Gasteiger partial charge in [-0.1, -0.05) is 32.1 Å². The van der Waals surface area contributed by atoms with Crippen LogP contribution in [-0.4, -0.2) is 37.5 Å². The van der Waals surface area contributed by atoms with E-state index in [1.165, 1.54) is 45.4 Å². The molecule has 0 radical (unpaired) electrons. The largest absolute Gasteiger partial charge is 0.356 e. The molecule has 1 aliphatic carbocycles. The van der Waals surface area contributed by atoms with Crippen LogP contribution in [0, 0.1) is 0 Å². The van der Waals surface area contributed by atoms with Crippen LogP contribution in [0.25, 0.3) is 0 Å². The Labute approximate surface area is 147 Å². The van der Waals surface area contributed by atoms with Gasteiger partial charge in [0.2, 0.25) is 11.8 Å². The van der Waals surface area contributed by atoms with Crippen molar-refractivity contribution in [3.63, 3.8) is 0 Å². The monoisotopic (exact) mass is 347 g/mol. The highest BCUT2D eigenvalue weighted by Gasteiger charge is 2.10. The summed E-state index contributed by atoms with van der Waals surface area (Å²) in [6, 6.07) is 0.646. The van der Waals surface area contributed by atoms with Gasteiger partial charge < -0.3 is 16.0 Å². The fraction of sp³-hybridized carbons (Fsp3) is 0.882. The van der Waals surface area contributed by atoms with Gasteiger partial charge in [0.25, 0.3) is 0 Å². The topological polar surface area (TPSA) is 70.2 Å². The molecule has 5 nitrogen and oxygen atoms in total. The van der Waals surface area contributed by atoms with E-state index in [1.54, 1.807) is 0 Å². The van der Waals surface area contributed by atoms with Crippen molar-refractivity contribution in [2.45, 2.75) is 77.2 Å². The molecule has 1 rings (SSSR count). The van der Waals surface area contributed by atoms with E-state index < -0.39 is 0 Å². The number of nitrogens with one attached hydrogen (secondary N) is 3. The summed E-state index contributed by atoms with van der Waals surface area (Å²) >= 11 is 0. The molecule has 0 aromatic heterocycles. The van der Waals surface area contributed by atoms with E-state index in [2.05, 4.69) is 16.0 Å². The number of unbranched alkanes of at least 4 members (excludes halogenated alkanes) is 2. The molecule has 0 aromatic carbocycles. The van der Waals surface area contributed by atoms with E-state index in [0.717, 1.165) is 32.4 Å². The summed E-state index contributed by atoms with van der Waals surface area (Å²) in [5.74, 6) is 0.154. The lowest BCUT2D eigenvalue weighted by Crippen LogP contribution is -2.36. The highest BCUT2D eigenvalue weighted by molar-refractivity contribution is 5.85. The fourth-order valence-corrected chi connectivity index (χ4v) is 2.90. The molecular weight excluding hydrogens is 314 g/mol. The normalized spacial score (nSPS) is 15.3. The number of hydrogen-bond donors (Lipinski definition) is 3. The zero-order chi connectivity index (χ0) is 16.0. The summed E-state index contributed by atoms with van der Waals surface area (Å²) in [6.07, 6.45) is 11.4. The van der Waals surface area contributed by atoms with Crippen molar-refractivity contribution in [1.29, 1.82) is 0 Å². The predicted molar refractivity (Wildman–Crippen MR) is 96.9 cm³/mol. The molecule has 0 atom stereocenters. The molecule has 23 heavy (non-hydrogen) atoms. The summed E-state index contributed by atoms with van der Waals surface area (Å²) < 4.78 is 0. The molecular formula is C17H34ClN3O2. The van der Waals surface area contributed by atoms with Crippen LogP contribution in [0.4, 0.5) is 0 Å². The Bertz CT molecular complexity index is 319. The van der Waals surface area contributed by atoms with Crippen molar-refractivity contribution in [3.8, 4) is 0 Å². The van der Waals surface area contributed by atoms with Crippen molar-refractivity contribution in [2.24, 2.45) is 0 Å². The Morgan fingerprint density at radius 2 is 1.57 bits per heavy atom. The van der Waals surface area contributed by atoms with Gasteiger partial charge >= 0.3 is 0 Å². The zero-order valence-corrected chi connectivity index (χ0v) is 15.3. The summed E-state index contributed by atoms with van der Waals surface area (Å²) in [7, 11) is 0. The van der Waals surface area contributed by atoms with Crippen LogP contribution in [0.3, 0.4) is 0 Å². The minimum atomic E-state index is 0. The van der Waals surface area contributed by atoms with Crippen LogP contribution >= 0.6 is 12.4 Å². The quantitative estimate of drug-likeness (QED) is 0.420. The minimum absolute atomic E-state index is 0. The zero-order valence-electron chi connectivity index (χ0n) is 14.5. The van der Waals surface area contributed by atoms with Crippen molar-refractivity contribution in [1.82, 2.24) is 16.0 Å². The molecule has 3 N–H and O–H groups in total. The number of hydrogen-bond acceptors (Lipinski definition) is 3. The van der Waals surface area contributed by atoms with Crippen LogP contribution in [0.15, 0.2) is 0 Å². The average molecular weight is 348 g/mol. The number of amides is 2. The van der Waals surface area contributed by atoms with Gasteiger partial charge in [-0.25, -0.2) is 0 Å². The standard InChI is InChI=1S/C17H33N3O2.ClH/c1-15(21)18-12-8-4-7-11-17(22)20-14-13-19-16-9-5-2-3-6-10-16;/h16,19H,2-14H2,1H3,(H,18,21)(H,20,22);1H. The van der Waals surface area contributed by atoms with Crippen molar-refractivity contribution in [3.05, 3.63) is 0 Å². The molecule has 2 amide bonds. The molecule has 0 saturated heterocycles. The van der Waals surface area contributed by atoms with Gasteiger partial charge in [0.05, 0.1) is 0 Å². The highest BCUT2D eigenvalue weighted by atomic mass is 35.5. The number of halogens is 1. The van der Waals surface area contributed by atoms with Gasteiger partial charge in [-0.3, -0.25) is 9.59 Å². The molecule has 1 saturated carbocycles. The summed E-state index contributed by atoms with van der Waals surface area (Å²) in [5.41, 5.74) is 0. The molecule has 0 heterocycles. The van der Waals surface area contributed by atoms with Gasteiger partial charge in [-0.2, -0.15) is 0 Å². The molecule has 0 aliphatic heterocycles. The average Bonchev–Trinajstić information content (AvgIpc) is 2.75. The van der Waals surface area contributed by atoms with Crippen molar-refractivity contribution in [2.75, 3.05) is 19.6 Å². The maximum absolute atomic E-state index is 11.7. The molecule has 136 valence electrons. The second-order valence-electron chi connectivity index (χ2n) is 6.29. The first kappa shape index (κ1) is 22.2. The third-order valence-electron chi connectivity index (χ3n) is 4.19. The summed E-state index contributed by atoms with van der Waals surface area (Å²) in [5, 5.41) is 9.30. The summed E-state index contributed by atoms with van der Waals surface area (Å²) in [6.45, 7) is 3.83.